The number of ether oxygens (including phenoxy) is 4. The summed E-state index contributed by atoms with van der Waals surface area (Å²) in [7, 11) is 3.92. The molecule has 0 spiro atoms. The van der Waals surface area contributed by atoms with Crippen molar-refractivity contribution < 1.29 is 33.3 Å². The van der Waals surface area contributed by atoms with Crippen molar-refractivity contribution in [2.45, 2.75) is 175 Å². The van der Waals surface area contributed by atoms with Gasteiger partial charge in [0.1, 0.15) is 19.8 Å². The third-order valence-corrected chi connectivity index (χ3v) is 8.95. The molecule has 0 aliphatic carbocycles. The van der Waals surface area contributed by atoms with Crippen LogP contribution in [0, 0.1) is 5.92 Å². The van der Waals surface area contributed by atoms with Gasteiger partial charge in [-0.15, -0.1) is 0 Å². The highest BCUT2D eigenvalue weighted by molar-refractivity contribution is 5.82. The van der Waals surface area contributed by atoms with Gasteiger partial charge in [0.05, 0.1) is 12.5 Å². The molecule has 8 nitrogen and oxygen atoms in total. The Morgan fingerprint density at radius 3 is 1.69 bits per heavy atom. The summed E-state index contributed by atoms with van der Waals surface area (Å²) in [5, 5.41) is 0. The van der Waals surface area contributed by atoms with Crippen molar-refractivity contribution in [1.29, 1.82) is 0 Å². The molecule has 0 fully saturated rings. The second-order valence-corrected chi connectivity index (χ2v) is 14.5. The van der Waals surface area contributed by atoms with Crippen molar-refractivity contribution in [2.24, 2.45) is 5.92 Å². The van der Waals surface area contributed by atoms with Crippen molar-refractivity contribution in [3.63, 3.8) is 0 Å². The Labute approximate surface area is 319 Å². The molecular weight excluding hydrogens is 654 g/mol. The summed E-state index contributed by atoms with van der Waals surface area (Å²) in [4.78, 5) is 39.7. The number of esters is 2. The summed E-state index contributed by atoms with van der Waals surface area (Å²) in [6.07, 6.45) is 35.7. The highest BCUT2D eigenvalue weighted by Crippen LogP contribution is 2.18. The van der Waals surface area contributed by atoms with E-state index in [1.165, 1.54) is 57.8 Å². The Morgan fingerprint density at radius 2 is 1.04 bits per heavy atom. The van der Waals surface area contributed by atoms with Gasteiger partial charge < -0.3 is 23.8 Å². The highest BCUT2D eigenvalue weighted by atomic mass is 16.7. The van der Waals surface area contributed by atoms with Crippen LogP contribution in [0.3, 0.4) is 0 Å². The van der Waals surface area contributed by atoms with Crippen LogP contribution in [0.25, 0.3) is 0 Å². The normalized spacial score (nSPS) is 12.5. The van der Waals surface area contributed by atoms with E-state index in [9.17, 15) is 14.4 Å². The molecule has 1 unspecified atom stereocenters. The third-order valence-electron chi connectivity index (χ3n) is 8.95. The first-order valence-electron chi connectivity index (χ1n) is 21.1. The Balaban J connectivity index is 4.73. The molecule has 0 aliphatic rings. The number of carbonyl (C=O) groups is 3. The number of carbonyl (C=O) groups excluding carboxylic acids is 3. The number of rotatable bonds is 36. The van der Waals surface area contributed by atoms with Crippen LogP contribution in [0.1, 0.15) is 175 Å². The molecule has 302 valence electrons. The van der Waals surface area contributed by atoms with E-state index in [1.54, 1.807) is 6.08 Å². The fourth-order valence-corrected chi connectivity index (χ4v) is 5.68. The minimum Gasteiger partial charge on any atom is -0.465 e. The molecule has 0 saturated heterocycles. The summed E-state index contributed by atoms with van der Waals surface area (Å²) in [6.45, 7) is 7.60. The van der Waals surface area contributed by atoms with Gasteiger partial charge in [0.2, 0.25) is 0 Å². The summed E-state index contributed by atoms with van der Waals surface area (Å²) >= 11 is 0. The first kappa shape index (κ1) is 49.4. The second kappa shape index (κ2) is 38.1. The molecule has 0 rings (SSSR count). The van der Waals surface area contributed by atoms with Gasteiger partial charge in [-0.1, -0.05) is 128 Å². The second-order valence-electron chi connectivity index (χ2n) is 14.5. The average Bonchev–Trinajstić information content (AvgIpc) is 3.12. The van der Waals surface area contributed by atoms with Crippen molar-refractivity contribution in [3.05, 3.63) is 36.0 Å². The number of nitrogens with zero attached hydrogens (tertiary/aromatic N) is 1. The molecule has 0 bridgehead atoms. The molecule has 52 heavy (non-hydrogen) atoms. The Bertz CT molecular complexity index is 943. The molecule has 0 saturated carbocycles. The predicted octanol–water partition coefficient (Wildman–Crippen LogP) is 11.9. The van der Waals surface area contributed by atoms with Crippen LogP contribution in [0.2, 0.25) is 0 Å². The van der Waals surface area contributed by atoms with E-state index in [2.05, 4.69) is 45.1 Å². The van der Waals surface area contributed by atoms with Crippen molar-refractivity contribution in [3.8, 4) is 0 Å². The van der Waals surface area contributed by atoms with E-state index in [-0.39, 0.29) is 32.4 Å². The van der Waals surface area contributed by atoms with E-state index in [1.807, 2.05) is 19.0 Å². The fourth-order valence-electron chi connectivity index (χ4n) is 5.68. The fraction of sp³-hybridized carbons (Fsp3) is 0.795. The summed E-state index contributed by atoms with van der Waals surface area (Å²) in [5.41, 5.74) is 1.13. The quantitative estimate of drug-likeness (QED) is 0.0207. The number of hydrogen-bond acceptors (Lipinski definition) is 8. The van der Waals surface area contributed by atoms with Gasteiger partial charge in [0.15, 0.2) is 0 Å². The summed E-state index contributed by atoms with van der Waals surface area (Å²) in [5.74, 6) is -1.17. The molecule has 0 aromatic heterocycles. The average molecular weight is 734 g/mol. The minimum atomic E-state index is -0.774. The van der Waals surface area contributed by atoms with Crippen molar-refractivity contribution in [2.75, 3.05) is 47.1 Å². The maximum atomic E-state index is 12.9. The molecule has 0 aromatic rings. The van der Waals surface area contributed by atoms with Crippen molar-refractivity contribution >= 4 is 18.1 Å². The van der Waals surface area contributed by atoms with Gasteiger partial charge in [-0.2, -0.15) is 0 Å². The number of hydrogen-bond donors (Lipinski definition) is 0. The first-order chi connectivity index (χ1) is 25.3. The van der Waals surface area contributed by atoms with Crippen LogP contribution in [0.4, 0.5) is 4.79 Å². The highest BCUT2D eigenvalue weighted by Gasteiger charge is 2.18. The molecule has 0 aromatic carbocycles. The van der Waals surface area contributed by atoms with Crippen LogP contribution in [-0.4, -0.2) is 70.1 Å². The lowest BCUT2D eigenvalue weighted by Gasteiger charge is -2.17. The SMILES string of the molecule is CCCCC/C=C\C/C=C\CCCCCCCC(=O)OCC(COC(=O)/C=C(\CCCCC)CCCCCCCC)COC(=O)OCCCN(C)C. The molecule has 0 heterocycles. The zero-order valence-electron chi connectivity index (χ0n) is 34.3. The van der Waals surface area contributed by atoms with Crippen molar-refractivity contribution in [1.82, 2.24) is 4.90 Å². The molecular formula is C44H79NO7. The molecule has 1 atom stereocenters. The molecule has 8 heteroatoms. The largest absolute Gasteiger partial charge is 0.508 e. The zero-order valence-corrected chi connectivity index (χ0v) is 34.3. The molecule has 0 N–H and O–H groups in total. The maximum absolute atomic E-state index is 12.9. The van der Waals surface area contributed by atoms with Crippen LogP contribution >= 0.6 is 0 Å². The standard InChI is InChI=1S/C44H79NO7/c1-6-9-12-14-16-17-18-19-20-21-22-23-24-26-29-33-42(46)50-37-41(39-52-44(48)49-35-30-34-45(4)5)38-51-43(47)36-40(31-27-11-8-3)32-28-25-15-13-10-7-2/h16-17,19-20,36,41H,6-15,18,21-35,37-39H2,1-5H3/b17-16-,20-19-,40-36+. The topological polar surface area (TPSA) is 91.4 Å². The molecule has 0 aliphatic heterocycles. The van der Waals surface area contributed by atoms with Gasteiger partial charge in [0.25, 0.3) is 0 Å². The predicted molar refractivity (Wildman–Crippen MR) is 215 cm³/mol. The Hall–Kier alpha value is -2.61. The lowest BCUT2D eigenvalue weighted by Crippen LogP contribution is -2.26. The molecule has 0 radical (unpaired) electrons. The minimum absolute atomic E-state index is 0.00508. The monoisotopic (exact) mass is 734 g/mol. The smallest absolute Gasteiger partial charge is 0.465 e. The summed E-state index contributed by atoms with van der Waals surface area (Å²) < 4.78 is 21.7. The van der Waals surface area contributed by atoms with E-state index in [4.69, 9.17) is 18.9 Å². The van der Waals surface area contributed by atoms with Crippen LogP contribution < -0.4 is 0 Å². The van der Waals surface area contributed by atoms with E-state index < -0.39 is 18.0 Å². The van der Waals surface area contributed by atoms with E-state index in [0.717, 1.165) is 95.6 Å². The van der Waals surface area contributed by atoms with E-state index in [0.29, 0.717) is 12.8 Å². The zero-order chi connectivity index (χ0) is 38.3. The Morgan fingerprint density at radius 1 is 0.538 bits per heavy atom. The summed E-state index contributed by atoms with van der Waals surface area (Å²) in [6, 6.07) is 0. The van der Waals surface area contributed by atoms with Crippen LogP contribution in [0.15, 0.2) is 36.0 Å². The molecule has 0 amide bonds. The van der Waals surface area contributed by atoms with Gasteiger partial charge >= 0.3 is 18.1 Å². The first-order valence-corrected chi connectivity index (χ1v) is 21.1. The Kier molecular flexibility index (Phi) is 36.2. The number of allylic oxidation sites excluding steroid dienone is 5. The lowest BCUT2D eigenvalue weighted by molar-refractivity contribution is -0.148. The van der Waals surface area contributed by atoms with Gasteiger partial charge in [0, 0.05) is 19.0 Å². The van der Waals surface area contributed by atoms with Crippen LogP contribution in [-0.2, 0) is 28.5 Å². The number of unbranched alkanes of at least 4 members (excludes halogenated alkanes) is 15. The van der Waals surface area contributed by atoms with Gasteiger partial charge in [-0.3, -0.25) is 4.79 Å². The van der Waals surface area contributed by atoms with E-state index >= 15 is 0 Å². The maximum Gasteiger partial charge on any atom is 0.508 e. The lowest BCUT2D eigenvalue weighted by atomic mass is 10.00. The van der Waals surface area contributed by atoms with Crippen LogP contribution in [0.5, 0.6) is 0 Å². The van der Waals surface area contributed by atoms with Gasteiger partial charge in [-0.25, -0.2) is 9.59 Å². The third kappa shape index (κ3) is 35.8. The van der Waals surface area contributed by atoms with Gasteiger partial charge in [-0.05, 0) is 84.7 Å².